The van der Waals surface area contributed by atoms with E-state index in [1.807, 2.05) is 0 Å². The minimum atomic E-state index is -0.542. The van der Waals surface area contributed by atoms with Gasteiger partial charge < -0.3 is 5.73 Å². The molecule has 0 fully saturated rings. The molecule has 0 aliphatic heterocycles. The van der Waals surface area contributed by atoms with Crippen molar-refractivity contribution in [3.63, 3.8) is 0 Å². The van der Waals surface area contributed by atoms with E-state index in [1.54, 1.807) is 24.3 Å². The van der Waals surface area contributed by atoms with Crippen LogP contribution >= 0.6 is 22.9 Å². The maximum absolute atomic E-state index is 11.3. The molecule has 1 heterocycles. The fourth-order valence-electron chi connectivity index (χ4n) is 1.39. The normalized spacial score (nSPS) is 10.2. The first-order valence-electron chi connectivity index (χ1n) is 4.64. The SMILES string of the molecule is NC(=O)c1ccccc1-c1nc(Cl)c(C=O)s1. The molecule has 17 heavy (non-hydrogen) atoms. The van der Waals surface area contributed by atoms with Gasteiger partial charge in [0.25, 0.3) is 0 Å². The van der Waals surface area contributed by atoms with Crippen LogP contribution in [-0.4, -0.2) is 17.2 Å². The van der Waals surface area contributed by atoms with E-state index in [0.29, 0.717) is 27.3 Å². The highest BCUT2D eigenvalue weighted by Crippen LogP contribution is 2.31. The lowest BCUT2D eigenvalue weighted by atomic mass is 10.1. The summed E-state index contributed by atoms with van der Waals surface area (Å²) in [4.78, 5) is 26.3. The lowest BCUT2D eigenvalue weighted by Gasteiger charge is -2.01. The van der Waals surface area contributed by atoms with E-state index >= 15 is 0 Å². The van der Waals surface area contributed by atoms with Crippen molar-refractivity contribution in [1.82, 2.24) is 4.98 Å². The summed E-state index contributed by atoms with van der Waals surface area (Å²) in [6.07, 6.45) is 0.635. The Labute approximate surface area is 106 Å². The van der Waals surface area contributed by atoms with Crippen molar-refractivity contribution in [1.29, 1.82) is 0 Å². The number of benzene rings is 1. The summed E-state index contributed by atoms with van der Waals surface area (Å²) < 4.78 is 0. The minimum Gasteiger partial charge on any atom is -0.366 e. The maximum Gasteiger partial charge on any atom is 0.249 e. The van der Waals surface area contributed by atoms with E-state index < -0.39 is 5.91 Å². The van der Waals surface area contributed by atoms with Crippen molar-refractivity contribution in [2.24, 2.45) is 5.73 Å². The molecule has 0 atom stereocenters. The van der Waals surface area contributed by atoms with Gasteiger partial charge in [0.2, 0.25) is 5.91 Å². The van der Waals surface area contributed by atoms with Crippen molar-refractivity contribution in [2.45, 2.75) is 0 Å². The summed E-state index contributed by atoms with van der Waals surface area (Å²) in [5.41, 5.74) is 6.20. The van der Waals surface area contributed by atoms with E-state index in [0.717, 1.165) is 11.3 Å². The van der Waals surface area contributed by atoms with E-state index in [2.05, 4.69) is 4.98 Å². The van der Waals surface area contributed by atoms with Gasteiger partial charge in [0.15, 0.2) is 11.4 Å². The third kappa shape index (κ3) is 2.20. The van der Waals surface area contributed by atoms with Crippen LogP contribution in [0.15, 0.2) is 24.3 Å². The van der Waals surface area contributed by atoms with Gasteiger partial charge in [0.05, 0.1) is 0 Å². The van der Waals surface area contributed by atoms with Gasteiger partial charge in [-0.05, 0) is 6.07 Å². The highest BCUT2D eigenvalue weighted by atomic mass is 35.5. The van der Waals surface area contributed by atoms with Crippen molar-refractivity contribution >= 4 is 35.1 Å². The highest BCUT2D eigenvalue weighted by molar-refractivity contribution is 7.17. The summed E-state index contributed by atoms with van der Waals surface area (Å²) in [6, 6.07) is 6.79. The third-order valence-corrected chi connectivity index (χ3v) is 3.55. The average Bonchev–Trinajstić information content (AvgIpc) is 2.70. The number of nitrogens with two attached hydrogens (primary N) is 1. The fraction of sp³-hybridized carbons (Fsp3) is 0. The number of hydrogen-bond donors (Lipinski definition) is 1. The number of carbonyl (C=O) groups is 2. The molecule has 1 aromatic carbocycles. The zero-order valence-electron chi connectivity index (χ0n) is 8.51. The number of nitrogens with zero attached hydrogens (tertiary/aromatic N) is 1. The van der Waals surface area contributed by atoms with Crippen LogP contribution in [0.1, 0.15) is 20.0 Å². The van der Waals surface area contributed by atoms with Gasteiger partial charge in [0.1, 0.15) is 9.88 Å². The number of thiazole rings is 1. The lowest BCUT2D eigenvalue weighted by molar-refractivity contribution is 0.100. The van der Waals surface area contributed by atoms with Crippen LogP contribution < -0.4 is 5.73 Å². The Morgan fingerprint density at radius 2 is 2.12 bits per heavy atom. The van der Waals surface area contributed by atoms with E-state index in [9.17, 15) is 9.59 Å². The largest absolute Gasteiger partial charge is 0.366 e. The molecule has 86 valence electrons. The number of aromatic nitrogens is 1. The number of carbonyl (C=O) groups excluding carboxylic acids is 2. The van der Waals surface area contributed by atoms with Crippen molar-refractivity contribution in [2.75, 3.05) is 0 Å². The predicted molar refractivity (Wildman–Crippen MR) is 66.5 cm³/mol. The molecule has 0 radical (unpaired) electrons. The molecule has 0 spiro atoms. The standard InChI is InChI=1S/C11H7ClN2O2S/c12-9-8(5-15)17-11(14-9)7-4-2-1-3-6(7)10(13)16/h1-5H,(H2,13,16). The van der Waals surface area contributed by atoms with Crippen molar-refractivity contribution < 1.29 is 9.59 Å². The molecule has 0 aliphatic carbocycles. The van der Waals surface area contributed by atoms with Crippen LogP contribution in [0.4, 0.5) is 0 Å². The molecule has 0 unspecified atom stereocenters. The molecular formula is C11H7ClN2O2S. The topological polar surface area (TPSA) is 73.1 Å². The zero-order chi connectivity index (χ0) is 12.4. The molecule has 2 rings (SSSR count). The Bertz CT molecular complexity index is 595. The van der Waals surface area contributed by atoms with Gasteiger partial charge in [-0.1, -0.05) is 29.8 Å². The first-order chi connectivity index (χ1) is 8.13. The van der Waals surface area contributed by atoms with E-state index in [1.165, 1.54) is 0 Å². The quantitative estimate of drug-likeness (QED) is 0.867. The number of amides is 1. The number of halogens is 1. The molecular weight excluding hydrogens is 260 g/mol. The lowest BCUT2D eigenvalue weighted by Crippen LogP contribution is -2.12. The van der Waals surface area contributed by atoms with Crippen LogP contribution in [-0.2, 0) is 0 Å². The summed E-state index contributed by atoms with van der Waals surface area (Å²) in [5, 5.41) is 0.644. The van der Waals surface area contributed by atoms with Crippen molar-refractivity contribution in [3.05, 3.63) is 39.9 Å². The molecule has 1 aromatic heterocycles. The summed E-state index contributed by atoms with van der Waals surface area (Å²) in [7, 11) is 0. The van der Waals surface area contributed by atoms with Gasteiger partial charge in [-0.15, -0.1) is 11.3 Å². The van der Waals surface area contributed by atoms with Crippen LogP contribution in [0.2, 0.25) is 5.15 Å². The van der Waals surface area contributed by atoms with E-state index in [-0.39, 0.29) is 5.15 Å². The number of hydrogen-bond acceptors (Lipinski definition) is 4. The smallest absolute Gasteiger partial charge is 0.249 e. The number of rotatable bonds is 3. The molecule has 2 aromatic rings. The van der Waals surface area contributed by atoms with Crippen LogP contribution in [0, 0.1) is 0 Å². The molecule has 0 aliphatic rings. The molecule has 0 saturated heterocycles. The number of primary amides is 1. The second-order valence-electron chi connectivity index (χ2n) is 3.20. The van der Waals surface area contributed by atoms with Gasteiger partial charge in [-0.2, -0.15) is 0 Å². The predicted octanol–water partition coefficient (Wildman–Crippen LogP) is 2.37. The van der Waals surface area contributed by atoms with Crippen LogP contribution in [0.3, 0.4) is 0 Å². The second kappa shape index (κ2) is 4.65. The highest BCUT2D eigenvalue weighted by Gasteiger charge is 2.15. The Morgan fingerprint density at radius 3 is 2.71 bits per heavy atom. The van der Waals surface area contributed by atoms with E-state index in [4.69, 9.17) is 17.3 Å². The maximum atomic E-state index is 11.3. The zero-order valence-corrected chi connectivity index (χ0v) is 10.1. The summed E-state index contributed by atoms with van der Waals surface area (Å²) >= 11 is 6.90. The van der Waals surface area contributed by atoms with Gasteiger partial charge >= 0.3 is 0 Å². The monoisotopic (exact) mass is 266 g/mol. The average molecular weight is 267 g/mol. The first-order valence-corrected chi connectivity index (χ1v) is 5.83. The van der Waals surface area contributed by atoms with Crippen molar-refractivity contribution in [3.8, 4) is 10.6 Å². The Balaban J connectivity index is 2.59. The van der Waals surface area contributed by atoms with Crippen LogP contribution in [0.25, 0.3) is 10.6 Å². The summed E-state index contributed by atoms with van der Waals surface area (Å²) in [5.74, 6) is -0.542. The fourth-order valence-corrected chi connectivity index (χ4v) is 2.49. The first kappa shape index (κ1) is 11.8. The molecule has 0 bridgehead atoms. The second-order valence-corrected chi connectivity index (χ2v) is 4.59. The summed E-state index contributed by atoms with van der Waals surface area (Å²) in [6.45, 7) is 0. The van der Waals surface area contributed by atoms with Crippen LogP contribution in [0.5, 0.6) is 0 Å². The Hall–Kier alpha value is -1.72. The third-order valence-electron chi connectivity index (χ3n) is 2.14. The Kier molecular flexibility index (Phi) is 3.21. The molecule has 2 N–H and O–H groups in total. The van der Waals surface area contributed by atoms with Gasteiger partial charge in [-0.25, -0.2) is 4.98 Å². The molecule has 0 saturated carbocycles. The molecule has 4 nitrogen and oxygen atoms in total. The molecule has 6 heteroatoms. The molecule has 1 amide bonds. The van der Waals surface area contributed by atoms with Gasteiger partial charge in [0, 0.05) is 11.1 Å². The number of aldehydes is 1. The van der Waals surface area contributed by atoms with Gasteiger partial charge in [-0.3, -0.25) is 9.59 Å². The Morgan fingerprint density at radius 1 is 1.41 bits per heavy atom. The minimum absolute atomic E-state index is 0.138.